The highest BCUT2D eigenvalue weighted by molar-refractivity contribution is 6.28. The lowest BCUT2D eigenvalue weighted by Gasteiger charge is -2.04. The number of hydrogen-bond acceptors (Lipinski definition) is 4. The van der Waals surface area contributed by atoms with Gasteiger partial charge in [-0.05, 0) is 18.0 Å². The van der Waals surface area contributed by atoms with Gasteiger partial charge in [-0.2, -0.15) is 15.1 Å². The van der Waals surface area contributed by atoms with E-state index in [1.165, 1.54) is 0 Å². The van der Waals surface area contributed by atoms with Gasteiger partial charge < -0.3 is 4.74 Å². The van der Waals surface area contributed by atoms with Gasteiger partial charge in [-0.15, -0.1) is 0 Å². The zero-order valence-electron chi connectivity index (χ0n) is 8.33. The number of unbranched alkanes of at least 4 members (excludes halogenated alkanes) is 1. The van der Waals surface area contributed by atoms with Crippen molar-refractivity contribution in [2.45, 2.75) is 19.8 Å². The fourth-order valence-electron chi connectivity index (χ4n) is 1.21. The molecule has 0 spiro atoms. The van der Waals surface area contributed by atoms with E-state index in [2.05, 4.69) is 27.1 Å². The van der Waals surface area contributed by atoms with E-state index >= 15 is 0 Å². The molecule has 0 atom stereocenters. The summed E-state index contributed by atoms with van der Waals surface area (Å²) in [7, 11) is 0. The quantitative estimate of drug-likeness (QED) is 0.641. The molecule has 0 bridgehead atoms. The van der Waals surface area contributed by atoms with E-state index in [9.17, 15) is 0 Å². The lowest BCUT2D eigenvalue weighted by Crippen LogP contribution is -1.99. The first kappa shape index (κ1) is 10.2. The number of nitrogens with zero attached hydrogens (tertiary/aromatic N) is 3. The molecule has 0 aromatic carbocycles. The van der Waals surface area contributed by atoms with E-state index in [1.807, 2.05) is 0 Å². The summed E-state index contributed by atoms with van der Waals surface area (Å²) in [6.45, 7) is 2.73. The van der Waals surface area contributed by atoms with Crippen molar-refractivity contribution in [1.29, 1.82) is 0 Å². The molecule has 80 valence electrons. The Hall–Kier alpha value is -1.36. The molecule has 0 saturated carbocycles. The molecular weight excluding hydrogens is 216 g/mol. The number of fused-ring (bicyclic) bond motifs is 1. The van der Waals surface area contributed by atoms with Gasteiger partial charge in [-0.25, -0.2) is 0 Å². The second-order valence-corrected chi connectivity index (χ2v) is 3.47. The monoisotopic (exact) mass is 226 g/mol. The second kappa shape index (κ2) is 4.44. The van der Waals surface area contributed by atoms with Crippen LogP contribution in [-0.4, -0.2) is 26.8 Å². The fourth-order valence-corrected chi connectivity index (χ4v) is 1.37. The van der Waals surface area contributed by atoms with Crippen LogP contribution in [0.25, 0.3) is 11.0 Å². The van der Waals surface area contributed by atoms with Gasteiger partial charge in [0.05, 0.1) is 12.8 Å². The van der Waals surface area contributed by atoms with Crippen molar-refractivity contribution in [2.24, 2.45) is 0 Å². The molecule has 0 aliphatic rings. The molecule has 2 aromatic heterocycles. The van der Waals surface area contributed by atoms with Gasteiger partial charge in [0.2, 0.25) is 11.2 Å². The topological polar surface area (TPSA) is 63.7 Å². The minimum Gasteiger partial charge on any atom is -0.477 e. The van der Waals surface area contributed by atoms with Gasteiger partial charge in [0.25, 0.3) is 0 Å². The van der Waals surface area contributed by atoms with Gasteiger partial charge in [0, 0.05) is 0 Å². The van der Waals surface area contributed by atoms with E-state index in [0.717, 1.165) is 18.2 Å². The first-order valence-corrected chi connectivity index (χ1v) is 5.18. The molecule has 5 nitrogen and oxygen atoms in total. The number of ether oxygens (including phenoxy) is 1. The lowest BCUT2D eigenvalue weighted by atomic mass is 10.3. The summed E-state index contributed by atoms with van der Waals surface area (Å²) in [5.41, 5.74) is 0.599. The molecule has 0 radical (unpaired) electrons. The zero-order chi connectivity index (χ0) is 10.7. The largest absolute Gasteiger partial charge is 0.477 e. The normalized spacial score (nSPS) is 10.8. The molecule has 0 amide bonds. The third-order valence-corrected chi connectivity index (χ3v) is 2.15. The van der Waals surface area contributed by atoms with Gasteiger partial charge in [0.1, 0.15) is 5.39 Å². The molecule has 2 heterocycles. The van der Waals surface area contributed by atoms with E-state index in [-0.39, 0.29) is 5.28 Å². The van der Waals surface area contributed by atoms with E-state index in [0.29, 0.717) is 18.1 Å². The Morgan fingerprint density at radius 1 is 1.47 bits per heavy atom. The number of aromatic amines is 1. The van der Waals surface area contributed by atoms with Crippen molar-refractivity contribution in [3.8, 4) is 5.88 Å². The Labute approximate surface area is 91.8 Å². The molecule has 0 fully saturated rings. The summed E-state index contributed by atoms with van der Waals surface area (Å²) in [6.07, 6.45) is 3.70. The summed E-state index contributed by atoms with van der Waals surface area (Å²) in [5, 5.41) is 7.52. The molecule has 0 saturated heterocycles. The maximum Gasteiger partial charge on any atom is 0.229 e. The van der Waals surface area contributed by atoms with Crippen molar-refractivity contribution in [3.63, 3.8) is 0 Å². The standard InChI is InChI=1S/C9H11ClN4O/c1-2-3-4-15-8-6-5-11-14-7(6)12-9(10)13-8/h5H,2-4H2,1H3,(H,11,12,13,14). The van der Waals surface area contributed by atoms with Crippen molar-refractivity contribution >= 4 is 22.6 Å². The van der Waals surface area contributed by atoms with Crippen LogP contribution in [0.5, 0.6) is 5.88 Å². The molecule has 0 aliphatic carbocycles. The van der Waals surface area contributed by atoms with Crippen LogP contribution in [0.1, 0.15) is 19.8 Å². The average molecular weight is 227 g/mol. The van der Waals surface area contributed by atoms with Gasteiger partial charge >= 0.3 is 0 Å². The van der Waals surface area contributed by atoms with E-state index in [4.69, 9.17) is 16.3 Å². The van der Waals surface area contributed by atoms with Gasteiger partial charge in [-0.1, -0.05) is 13.3 Å². The molecule has 6 heteroatoms. The third kappa shape index (κ3) is 2.18. The molecule has 2 rings (SSSR count). The van der Waals surface area contributed by atoms with Crippen LogP contribution in [0.4, 0.5) is 0 Å². The summed E-state index contributed by atoms with van der Waals surface area (Å²) >= 11 is 5.74. The number of rotatable bonds is 4. The first-order chi connectivity index (χ1) is 7.31. The Bertz CT molecular complexity index is 456. The first-order valence-electron chi connectivity index (χ1n) is 4.80. The van der Waals surface area contributed by atoms with Crippen molar-refractivity contribution < 1.29 is 4.74 Å². The van der Waals surface area contributed by atoms with Crippen LogP contribution in [0.2, 0.25) is 5.28 Å². The summed E-state index contributed by atoms with van der Waals surface area (Å²) in [6, 6.07) is 0. The van der Waals surface area contributed by atoms with Crippen LogP contribution < -0.4 is 4.74 Å². The van der Waals surface area contributed by atoms with Crippen LogP contribution in [-0.2, 0) is 0 Å². The highest BCUT2D eigenvalue weighted by Crippen LogP contribution is 2.22. The predicted molar refractivity (Wildman–Crippen MR) is 57.1 cm³/mol. The maximum atomic E-state index is 5.74. The zero-order valence-corrected chi connectivity index (χ0v) is 9.08. The van der Waals surface area contributed by atoms with Crippen molar-refractivity contribution in [3.05, 3.63) is 11.5 Å². The van der Waals surface area contributed by atoms with Crippen molar-refractivity contribution in [1.82, 2.24) is 20.2 Å². The Balaban J connectivity index is 2.27. The van der Waals surface area contributed by atoms with E-state index < -0.39 is 0 Å². The van der Waals surface area contributed by atoms with Crippen LogP contribution >= 0.6 is 11.6 Å². The Morgan fingerprint density at radius 2 is 2.33 bits per heavy atom. The predicted octanol–water partition coefficient (Wildman–Crippen LogP) is 2.19. The number of aromatic nitrogens is 4. The second-order valence-electron chi connectivity index (χ2n) is 3.13. The molecular formula is C9H11ClN4O. The number of H-pyrrole nitrogens is 1. The highest BCUT2D eigenvalue weighted by Gasteiger charge is 2.08. The average Bonchev–Trinajstić information content (AvgIpc) is 2.65. The smallest absolute Gasteiger partial charge is 0.229 e. The Kier molecular flexibility index (Phi) is 3.01. The Morgan fingerprint density at radius 3 is 3.13 bits per heavy atom. The number of halogens is 1. The van der Waals surface area contributed by atoms with Gasteiger partial charge in [-0.3, -0.25) is 5.10 Å². The molecule has 15 heavy (non-hydrogen) atoms. The van der Waals surface area contributed by atoms with Crippen LogP contribution in [0.3, 0.4) is 0 Å². The maximum absolute atomic E-state index is 5.74. The molecule has 2 aromatic rings. The molecule has 0 aliphatic heterocycles. The van der Waals surface area contributed by atoms with Crippen LogP contribution in [0.15, 0.2) is 6.20 Å². The minimum absolute atomic E-state index is 0.165. The fraction of sp³-hybridized carbons (Fsp3) is 0.444. The van der Waals surface area contributed by atoms with E-state index in [1.54, 1.807) is 6.20 Å². The number of nitrogens with one attached hydrogen (secondary N) is 1. The summed E-state index contributed by atoms with van der Waals surface area (Å²) in [5.74, 6) is 0.493. The third-order valence-electron chi connectivity index (χ3n) is 1.98. The van der Waals surface area contributed by atoms with Gasteiger partial charge in [0.15, 0.2) is 5.65 Å². The lowest BCUT2D eigenvalue weighted by molar-refractivity contribution is 0.301. The SMILES string of the molecule is CCCCOc1nc(Cl)nc2[nH]ncc12. The van der Waals surface area contributed by atoms with Crippen LogP contribution in [0, 0.1) is 0 Å². The number of hydrogen-bond donors (Lipinski definition) is 1. The molecule has 1 N–H and O–H groups in total. The minimum atomic E-state index is 0.165. The molecule has 0 unspecified atom stereocenters. The highest BCUT2D eigenvalue weighted by atomic mass is 35.5. The summed E-state index contributed by atoms with van der Waals surface area (Å²) < 4.78 is 5.50. The summed E-state index contributed by atoms with van der Waals surface area (Å²) in [4.78, 5) is 8.00. The van der Waals surface area contributed by atoms with Crippen molar-refractivity contribution in [2.75, 3.05) is 6.61 Å².